The fraction of sp³-hybridized carbons (Fsp3) is 0.227. The summed E-state index contributed by atoms with van der Waals surface area (Å²) in [5.74, 6) is -0.793. The number of carbonyl (C=O) groups excluding carboxylic acids is 2. The highest BCUT2D eigenvalue weighted by Crippen LogP contribution is 2.15. The number of hydrogen-bond donors (Lipinski definition) is 0. The molecular weight excluding hydrogens is 354 g/mol. The van der Waals surface area contributed by atoms with E-state index in [1.165, 1.54) is 0 Å². The van der Waals surface area contributed by atoms with Crippen molar-refractivity contribution in [3.63, 3.8) is 0 Å². The number of likely N-dealkylation sites (N-methyl/N-ethyl adjacent to an activating group) is 1. The Hall–Kier alpha value is -3.41. The van der Waals surface area contributed by atoms with E-state index in [2.05, 4.69) is 5.10 Å². The minimum absolute atomic E-state index is 0.263. The summed E-state index contributed by atoms with van der Waals surface area (Å²) in [5, 5.41) is 4.42. The lowest BCUT2D eigenvalue weighted by Gasteiger charge is -2.20. The molecule has 6 heteroatoms. The number of benzene rings is 2. The molecule has 2 aromatic carbocycles. The fourth-order valence-corrected chi connectivity index (χ4v) is 3.03. The Morgan fingerprint density at radius 1 is 1.04 bits per heavy atom. The zero-order valence-corrected chi connectivity index (χ0v) is 16.3. The molecule has 0 N–H and O–H groups in total. The quantitative estimate of drug-likeness (QED) is 0.615. The van der Waals surface area contributed by atoms with E-state index < -0.39 is 5.97 Å². The van der Waals surface area contributed by atoms with Crippen molar-refractivity contribution in [3.05, 3.63) is 77.6 Å². The number of carbonyl (C=O) groups is 2. The number of esters is 1. The lowest BCUT2D eigenvalue weighted by atomic mass is 10.2. The van der Waals surface area contributed by atoms with Gasteiger partial charge in [0.1, 0.15) is 0 Å². The minimum Gasteiger partial charge on any atom is -0.452 e. The summed E-state index contributed by atoms with van der Waals surface area (Å²) in [4.78, 5) is 26.3. The molecule has 0 aliphatic rings. The molecular formula is C22H23N3O3. The van der Waals surface area contributed by atoms with Crippen LogP contribution in [0.3, 0.4) is 0 Å². The average Bonchev–Trinajstić information content (AvgIpc) is 3.05. The van der Waals surface area contributed by atoms with Crippen molar-refractivity contribution in [1.29, 1.82) is 0 Å². The van der Waals surface area contributed by atoms with Gasteiger partial charge in [0.05, 0.1) is 16.9 Å². The van der Waals surface area contributed by atoms with Gasteiger partial charge in [-0.3, -0.25) is 4.79 Å². The summed E-state index contributed by atoms with van der Waals surface area (Å²) in [6.07, 6.45) is 0. The summed E-state index contributed by atoms with van der Waals surface area (Å²) < 4.78 is 7.03. The second-order valence-electron chi connectivity index (χ2n) is 6.44. The van der Waals surface area contributed by atoms with E-state index in [-0.39, 0.29) is 12.5 Å². The molecule has 1 amide bonds. The van der Waals surface area contributed by atoms with Gasteiger partial charge in [-0.25, -0.2) is 9.48 Å². The maximum Gasteiger partial charge on any atom is 0.338 e. The first kappa shape index (κ1) is 19.4. The molecule has 0 unspecified atom stereocenters. The maximum absolute atomic E-state index is 12.4. The molecule has 3 rings (SSSR count). The molecule has 3 aromatic rings. The highest BCUT2D eigenvalue weighted by Gasteiger charge is 2.17. The zero-order chi connectivity index (χ0) is 20.1. The van der Waals surface area contributed by atoms with Crippen molar-refractivity contribution in [2.75, 3.05) is 18.1 Å². The molecule has 1 heterocycles. The first-order valence-electron chi connectivity index (χ1n) is 9.16. The van der Waals surface area contributed by atoms with Crippen LogP contribution in [0, 0.1) is 13.8 Å². The highest BCUT2D eigenvalue weighted by atomic mass is 16.5. The lowest BCUT2D eigenvalue weighted by Crippen LogP contribution is -2.34. The van der Waals surface area contributed by atoms with Gasteiger partial charge in [-0.2, -0.15) is 5.10 Å². The van der Waals surface area contributed by atoms with Gasteiger partial charge in [0.2, 0.25) is 0 Å². The van der Waals surface area contributed by atoms with Crippen LogP contribution in [-0.4, -0.2) is 34.8 Å². The summed E-state index contributed by atoms with van der Waals surface area (Å²) in [5.41, 5.74) is 3.97. The van der Waals surface area contributed by atoms with E-state index >= 15 is 0 Å². The fourth-order valence-electron chi connectivity index (χ4n) is 3.03. The summed E-state index contributed by atoms with van der Waals surface area (Å²) in [6, 6.07) is 18.3. The number of ether oxygens (including phenoxy) is 1. The Labute approximate surface area is 164 Å². The zero-order valence-electron chi connectivity index (χ0n) is 16.3. The Bertz CT molecular complexity index is 962. The van der Waals surface area contributed by atoms with Gasteiger partial charge < -0.3 is 9.64 Å². The van der Waals surface area contributed by atoms with E-state index in [1.54, 1.807) is 29.2 Å². The molecule has 0 saturated heterocycles. The van der Waals surface area contributed by atoms with Gasteiger partial charge >= 0.3 is 5.97 Å². The largest absolute Gasteiger partial charge is 0.452 e. The van der Waals surface area contributed by atoms with Crippen LogP contribution in [0.25, 0.3) is 5.69 Å². The molecule has 0 aliphatic carbocycles. The molecule has 0 spiro atoms. The normalized spacial score (nSPS) is 10.5. The molecule has 0 atom stereocenters. The predicted molar refractivity (Wildman–Crippen MR) is 108 cm³/mol. The smallest absolute Gasteiger partial charge is 0.338 e. The van der Waals surface area contributed by atoms with Gasteiger partial charge in [-0.15, -0.1) is 0 Å². The monoisotopic (exact) mass is 377 g/mol. The molecule has 0 aliphatic heterocycles. The van der Waals surface area contributed by atoms with Crippen LogP contribution >= 0.6 is 0 Å². The first-order valence-corrected chi connectivity index (χ1v) is 9.16. The Morgan fingerprint density at radius 2 is 1.71 bits per heavy atom. The topological polar surface area (TPSA) is 64.4 Å². The van der Waals surface area contributed by atoms with E-state index in [9.17, 15) is 9.59 Å². The molecule has 28 heavy (non-hydrogen) atoms. The Balaban J connectivity index is 1.63. The molecule has 6 nitrogen and oxygen atoms in total. The van der Waals surface area contributed by atoms with Crippen LogP contribution in [0.2, 0.25) is 0 Å². The van der Waals surface area contributed by atoms with E-state index in [0.717, 1.165) is 22.8 Å². The van der Waals surface area contributed by atoms with E-state index in [0.29, 0.717) is 12.1 Å². The first-order chi connectivity index (χ1) is 13.5. The lowest BCUT2D eigenvalue weighted by molar-refractivity contribution is -0.121. The number of aromatic nitrogens is 2. The van der Waals surface area contributed by atoms with Gasteiger partial charge in [0, 0.05) is 17.9 Å². The van der Waals surface area contributed by atoms with Crippen molar-refractivity contribution in [3.8, 4) is 5.69 Å². The number of hydrogen-bond acceptors (Lipinski definition) is 4. The van der Waals surface area contributed by atoms with Crippen LogP contribution in [0.1, 0.15) is 28.7 Å². The van der Waals surface area contributed by atoms with Gasteiger partial charge in [-0.05, 0) is 63.2 Å². The van der Waals surface area contributed by atoms with E-state index in [4.69, 9.17) is 4.74 Å². The number of aryl methyl sites for hydroxylation is 2. The third-order valence-corrected chi connectivity index (χ3v) is 4.37. The average molecular weight is 377 g/mol. The Morgan fingerprint density at radius 3 is 2.29 bits per heavy atom. The summed E-state index contributed by atoms with van der Waals surface area (Å²) in [7, 11) is 0. The molecule has 0 bridgehead atoms. The third-order valence-electron chi connectivity index (χ3n) is 4.37. The Kier molecular flexibility index (Phi) is 5.89. The SMILES string of the molecule is CCN(C(=O)COC(=O)c1ccc(-n2nc(C)cc2C)cc1)c1ccccc1. The second kappa shape index (κ2) is 8.52. The van der Waals surface area contributed by atoms with Crippen LogP contribution in [-0.2, 0) is 9.53 Å². The van der Waals surface area contributed by atoms with Gasteiger partial charge in [0.15, 0.2) is 6.61 Å². The minimum atomic E-state index is -0.530. The molecule has 144 valence electrons. The standard InChI is InChI=1S/C22H23N3O3/c1-4-24(19-8-6-5-7-9-19)21(26)15-28-22(27)18-10-12-20(13-11-18)25-17(3)14-16(2)23-25/h5-14H,4,15H2,1-3H3. The van der Waals surface area contributed by atoms with Crippen molar-refractivity contribution in [2.45, 2.75) is 20.8 Å². The predicted octanol–water partition coefficient (Wildman–Crippen LogP) is 3.70. The van der Waals surface area contributed by atoms with Crippen molar-refractivity contribution in [2.24, 2.45) is 0 Å². The highest BCUT2D eigenvalue weighted by molar-refractivity contribution is 5.97. The molecule has 1 aromatic heterocycles. The maximum atomic E-state index is 12.4. The summed E-state index contributed by atoms with van der Waals surface area (Å²) >= 11 is 0. The number of para-hydroxylation sites is 1. The number of amides is 1. The van der Waals surface area contributed by atoms with Crippen LogP contribution in [0.15, 0.2) is 60.7 Å². The van der Waals surface area contributed by atoms with Crippen molar-refractivity contribution in [1.82, 2.24) is 9.78 Å². The second-order valence-corrected chi connectivity index (χ2v) is 6.44. The van der Waals surface area contributed by atoms with Crippen LogP contribution in [0.5, 0.6) is 0 Å². The summed E-state index contributed by atoms with van der Waals surface area (Å²) in [6.45, 7) is 5.98. The van der Waals surface area contributed by atoms with Crippen LogP contribution < -0.4 is 4.90 Å². The molecule has 0 radical (unpaired) electrons. The number of nitrogens with zero attached hydrogens (tertiary/aromatic N) is 3. The number of anilines is 1. The molecule has 0 fully saturated rings. The van der Waals surface area contributed by atoms with E-state index in [1.807, 2.05) is 61.9 Å². The van der Waals surface area contributed by atoms with Crippen LogP contribution in [0.4, 0.5) is 5.69 Å². The molecule has 0 saturated carbocycles. The number of rotatable bonds is 6. The van der Waals surface area contributed by atoms with Crippen molar-refractivity contribution >= 4 is 17.6 Å². The van der Waals surface area contributed by atoms with Gasteiger partial charge in [0.25, 0.3) is 5.91 Å². The third kappa shape index (κ3) is 4.28. The van der Waals surface area contributed by atoms with Gasteiger partial charge in [-0.1, -0.05) is 18.2 Å². The van der Waals surface area contributed by atoms with Crippen molar-refractivity contribution < 1.29 is 14.3 Å².